The van der Waals surface area contributed by atoms with Crippen LogP contribution >= 0.6 is 11.5 Å². The van der Waals surface area contributed by atoms with Gasteiger partial charge in [-0.3, -0.25) is 0 Å². The number of hydrogen-bond acceptors (Lipinski definition) is 5. The molecule has 4 nitrogen and oxygen atoms in total. The predicted octanol–water partition coefficient (Wildman–Crippen LogP) is 4.78. The smallest absolute Gasteiger partial charge is 0.120 e. The highest BCUT2D eigenvalue weighted by Gasteiger charge is 2.16. The molecule has 0 aliphatic carbocycles. The summed E-state index contributed by atoms with van der Waals surface area (Å²) >= 11 is 1.53. The molecule has 28 heavy (non-hydrogen) atoms. The van der Waals surface area contributed by atoms with Gasteiger partial charge in [0, 0.05) is 54.4 Å². The third kappa shape index (κ3) is 3.32. The van der Waals surface area contributed by atoms with Crippen LogP contribution in [0.5, 0.6) is 5.75 Å². The molecule has 0 unspecified atom stereocenters. The maximum absolute atomic E-state index is 6.19. The Hall–Kier alpha value is -2.63. The molecule has 0 N–H and O–H groups in total. The molecule has 2 heterocycles. The van der Waals surface area contributed by atoms with Gasteiger partial charge >= 0.3 is 0 Å². The van der Waals surface area contributed by atoms with E-state index in [9.17, 15) is 0 Å². The Labute approximate surface area is 169 Å². The minimum absolute atomic E-state index is 0.557. The lowest BCUT2D eigenvalue weighted by molar-refractivity contribution is 0.308. The molecule has 0 saturated carbocycles. The number of benzene rings is 3. The lowest BCUT2D eigenvalue weighted by atomic mass is 10.1. The van der Waals surface area contributed by atoms with E-state index in [-0.39, 0.29) is 0 Å². The monoisotopic (exact) mass is 389 g/mol. The van der Waals surface area contributed by atoms with Crippen LogP contribution in [-0.4, -0.2) is 42.5 Å². The zero-order valence-corrected chi connectivity index (χ0v) is 16.8. The lowest BCUT2D eigenvalue weighted by Crippen LogP contribution is -2.44. The van der Waals surface area contributed by atoms with Crippen molar-refractivity contribution >= 4 is 38.1 Å². The highest BCUT2D eigenvalue weighted by atomic mass is 32.1. The van der Waals surface area contributed by atoms with Crippen molar-refractivity contribution in [3.05, 3.63) is 66.4 Å². The first-order valence-corrected chi connectivity index (χ1v) is 10.5. The predicted molar refractivity (Wildman–Crippen MR) is 118 cm³/mol. The zero-order chi connectivity index (χ0) is 18.9. The van der Waals surface area contributed by atoms with E-state index >= 15 is 0 Å². The standard InChI is InChI=1S/C23H23N3OS/c1-25-10-12-26(13-11-25)22-7-3-4-17-8-9-20(14-21(17)22)27-16-19-6-2-5-18-15-24-28-23(18)19/h2-9,14-15H,10-13,16H2,1H3. The number of piperazine rings is 1. The molecule has 1 aliphatic heterocycles. The van der Waals surface area contributed by atoms with Crippen LogP contribution in [-0.2, 0) is 6.61 Å². The van der Waals surface area contributed by atoms with Gasteiger partial charge in [-0.05, 0) is 42.2 Å². The third-order valence-corrected chi connectivity index (χ3v) is 6.42. The Balaban J connectivity index is 1.42. The number of fused-ring (bicyclic) bond motifs is 2. The first-order chi connectivity index (χ1) is 13.8. The second kappa shape index (κ2) is 7.41. The molecule has 142 valence electrons. The molecular formula is C23H23N3OS. The summed E-state index contributed by atoms with van der Waals surface area (Å²) < 4.78 is 11.7. The summed E-state index contributed by atoms with van der Waals surface area (Å²) in [5.41, 5.74) is 2.49. The molecule has 1 saturated heterocycles. The van der Waals surface area contributed by atoms with Gasteiger partial charge in [0.1, 0.15) is 12.4 Å². The Bertz CT molecular complexity index is 1120. The van der Waals surface area contributed by atoms with Crippen LogP contribution in [0.3, 0.4) is 0 Å². The van der Waals surface area contributed by atoms with Gasteiger partial charge in [-0.2, -0.15) is 4.37 Å². The normalized spacial score (nSPS) is 15.4. The highest BCUT2D eigenvalue weighted by Crippen LogP contribution is 2.31. The van der Waals surface area contributed by atoms with Gasteiger partial charge in [-0.25, -0.2) is 0 Å². The van der Waals surface area contributed by atoms with Gasteiger partial charge in [0.25, 0.3) is 0 Å². The summed E-state index contributed by atoms with van der Waals surface area (Å²) in [6.07, 6.45) is 1.92. The second-order valence-electron chi connectivity index (χ2n) is 7.40. The molecular weight excluding hydrogens is 366 g/mol. The minimum Gasteiger partial charge on any atom is -0.489 e. The van der Waals surface area contributed by atoms with E-state index in [1.165, 1.54) is 43.6 Å². The third-order valence-electron chi connectivity index (χ3n) is 5.53. The maximum Gasteiger partial charge on any atom is 0.120 e. The largest absolute Gasteiger partial charge is 0.489 e. The summed E-state index contributed by atoms with van der Waals surface area (Å²) in [5.74, 6) is 0.913. The van der Waals surface area contributed by atoms with Crippen LogP contribution in [0, 0.1) is 0 Å². The number of hydrogen-bond donors (Lipinski definition) is 0. The van der Waals surface area contributed by atoms with Crippen LogP contribution in [0.15, 0.2) is 60.8 Å². The topological polar surface area (TPSA) is 28.6 Å². The van der Waals surface area contributed by atoms with E-state index in [1.807, 2.05) is 6.20 Å². The van der Waals surface area contributed by atoms with Gasteiger partial charge in [-0.15, -0.1) is 0 Å². The Morgan fingerprint density at radius 2 is 1.79 bits per heavy atom. The van der Waals surface area contributed by atoms with Crippen molar-refractivity contribution in [3.8, 4) is 5.75 Å². The lowest BCUT2D eigenvalue weighted by Gasteiger charge is -2.34. The summed E-state index contributed by atoms with van der Waals surface area (Å²) in [5, 5.41) is 3.70. The van der Waals surface area contributed by atoms with Crippen LogP contribution in [0.2, 0.25) is 0 Å². The fourth-order valence-corrected chi connectivity index (χ4v) is 4.62. The average Bonchev–Trinajstić information content (AvgIpc) is 3.22. The van der Waals surface area contributed by atoms with E-state index in [0.29, 0.717) is 6.61 Å². The van der Waals surface area contributed by atoms with Crippen LogP contribution < -0.4 is 9.64 Å². The molecule has 0 bridgehead atoms. The van der Waals surface area contributed by atoms with Crippen molar-refractivity contribution in [2.45, 2.75) is 6.61 Å². The van der Waals surface area contributed by atoms with Crippen LogP contribution in [0.25, 0.3) is 20.9 Å². The summed E-state index contributed by atoms with van der Waals surface area (Å²) in [6, 6.07) is 19.3. The Morgan fingerprint density at radius 1 is 0.964 bits per heavy atom. The van der Waals surface area contributed by atoms with E-state index in [1.54, 1.807) is 0 Å². The van der Waals surface area contributed by atoms with Crippen molar-refractivity contribution in [2.24, 2.45) is 0 Å². The Kier molecular flexibility index (Phi) is 4.63. The minimum atomic E-state index is 0.557. The fourth-order valence-electron chi connectivity index (χ4n) is 3.88. The van der Waals surface area contributed by atoms with E-state index in [2.05, 4.69) is 75.8 Å². The molecule has 1 fully saturated rings. The number of aromatic nitrogens is 1. The van der Waals surface area contributed by atoms with Crippen LogP contribution in [0.1, 0.15) is 5.56 Å². The Morgan fingerprint density at radius 3 is 2.68 bits per heavy atom. The fraction of sp³-hybridized carbons (Fsp3) is 0.261. The van der Waals surface area contributed by atoms with Gasteiger partial charge in [0.15, 0.2) is 0 Å². The number of rotatable bonds is 4. The van der Waals surface area contributed by atoms with Gasteiger partial charge in [0.2, 0.25) is 0 Å². The molecule has 5 rings (SSSR count). The average molecular weight is 390 g/mol. The second-order valence-corrected chi connectivity index (χ2v) is 8.20. The summed E-state index contributed by atoms with van der Waals surface area (Å²) in [6.45, 7) is 4.89. The van der Waals surface area contributed by atoms with Gasteiger partial charge in [0.05, 0.1) is 4.70 Å². The highest BCUT2D eigenvalue weighted by molar-refractivity contribution is 7.13. The number of nitrogens with zero attached hydrogens (tertiary/aromatic N) is 3. The molecule has 3 aromatic carbocycles. The van der Waals surface area contributed by atoms with Gasteiger partial charge in [-0.1, -0.05) is 36.4 Å². The first kappa shape index (κ1) is 17.5. The van der Waals surface area contributed by atoms with Crippen molar-refractivity contribution in [1.29, 1.82) is 0 Å². The zero-order valence-electron chi connectivity index (χ0n) is 16.0. The summed E-state index contributed by atoms with van der Waals surface area (Å²) in [7, 11) is 2.19. The number of anilines is 1. The summed E-state index contributed by atoms with van der Waals surface area (Å²) in [4.78, 5) is 4.88. The molecule has 0 spiro atoms. The maximum atomic E-state index is 6.19. The van der Waals surface area contributed by atoms with Crippen LogP contribution in [0.4, 0.5) is 5.69 Å². The molecule has 4 aromatic rings. The quantitative estimate of drug-likeness (QED) is 0.502. The first-order valence-electron chi connectivity index (χ1n) is 9.69. The molecule has 0 radical (unpaired) electrons. The number of likely N-dealkylation sites (N-methyl/N-ethyl adjacent to an activating group) is 1. The number of ether oxygens (including phenoxy) is 1. The molecule has 1 aromatic heterocycles. The van der Waals surface area contributed by atoms with Crippen molar-refractivity contribution in [1.82, 2.24) is 9.27 Å². The van der Waals surface area contributed by atoms with Crippen molar-refractivity contribution in [3.63, 3.8) is 0 Å². The molecule has 0 atom stereocenters. The molecule has 1 aliphatic rings. The molecule has 0 amide bonds. The van der Waals surface area contributed by atoms with Crippen molar-refractivity contribution < 1.29 is 4.74 Å². The van der Waals surface area contributed by atoms with E-state index in [4.69, 9.17) is 4.74 Å². The van der Waals surface area contributed by atoms with E-state index < -0.39 is 0 Å². The molecule has 5 heteroatoms. The van der Waals surface area contributed by atoms with E-state index in [0.717, 1.165) is 31.9 Å². The van der Waals surface area contributed by atoms with Crippen molar-refractivity contribution in [2.75, 3.05) is 38.1 Å². The van der Waals surface area contributed by atoms with Gasteiger partial charge < -0.3 is 14.5 Å². The SMILES string of the molecule is CN1CCN(c2cccc3ccc(OCc4cccc5cnsc45)cc23)CC1.